The Morgan fingerprint density at radius 2 is 2.15 bits per heavy atom. The highest BCUT2D eigenvalue weighted by molar-refractivity contribution is 5.96. The molecule has 1 aliphatic heterocycles. The fourth-order valence-electron chi connectivity index (χ4n) is 3.21. The Morgan fingerprint density at radius 1 is 1.35 bits per heavy atom. The number of rotatable bonds is 6. The van der Waals surface area contributed by atoms with Gasteiger partial charge in [-0.2, -0.15) is 0 Å². The van der Waals surface area contributed by atoms with Crippen molar-refractivity contribution in [2.24, 2.45) is 0 Å². The minimum Gasteiger partial charge on any atom is -0.343 e. The zero-order valence-electron chi connectivity index (χ0n) is 12.7. The summed E-state index contributed by atoms with van der Waals surface area (Å²) in [7, 11) is 0. The average Bonchev–Trinajstić information content (AvgIpc) is 2.94. The molecule has 0 aromatic rings. The van der Waals surface area contributed by atoms with Crippen molar-refractivity contribution in [2.45, 2.75) is 70.9 Å². The Labute approximate surface area is 121 Å². The van der Waals surface area contributed by atoms with Crippen molar-refractivity contribution >= 4 is 11.8 Å². The van der Waals surface area contributed by atoms with E-state index in [1.807, 2.05) is 18.7 Å². The van der Waals surface area contributed by atoms with Gasteiger partial charge in [-0.05, 0) is 38.5 Å². The Morgan fingerprint density at radius 3 is 2.75 bits per heavy atom. The van der Waals surface area contributed by atoms with Gasteiger partial charge < -0.3 is 10.2 Å². The smallest absolute Gasteiger partial charge is 0.245 e. The van der Waals surface area contributed by atoms with Gasteiger partial charge in [-0.3, -0.25) is 9.59 Å². The van der Waals surface area contributed by atoms with Gasteiger partial charge in [-0.1, -0.05) is 31.9 Å². The van der Waals surface area contributed by atoms with Gasteiger partial charge in [-0.15, -0.1) is 0 Å². The van der Waals surface area contributed by atoms with Crippen LogP contribution < -0.4 is 5.32 Å². The molecule has 0 radical (unpaired) electrons. The summed E-state index contributed by atoms with van der Waals surface area (Å²) in [5, 5.41) is 2.88. The van der Waals surface area contributed by atoms with Gasteiger partial charge in [0.2, 0.25) is 11.8 Å². The topological polar surface area (TPSA) is 49.4 Å². The van der Waals surface area contributed by atoms with Crippen LogP contribution in [-0.2, 0) is 9.59 Å². The minimum absolute atomic E-state index is 0.0194. The Balaban J connectivity index is 2.03. The third-order valence-electron chi connectivity index (χ3n) is 4.35. The van der Waals surface area contributed by atoms with Crippen LogP contribution in [-0.4, -0.2) is 35.3 Å². The van der Waals surface area contributed by atoms with Crippen LogP contribution in [0.5, 0.6) is 0 Å². The molecule has 1 fully saturated rings. The Bertz CT molecular complexity index is 403. The van der Waals surface area contributed by atoms with Crippen LogP contribution in [0.1, 0.15) is 58.8 Å². The van der Waals surface area contributed by atoms with Crippen LogP contribution >= 0.6 is 0 Å². The number of hydrogen-bond donors (Lipinski definition) is 1. The first-order valence-corrected chi connectivity index (χ1v) is 7.96. The zero-order chi connectivity index (χ0) is 14.5. The van der Waals surface area contributed by atoms with E-state index in [9.17, 15) is 9.59 Å². The molecule has 4 nitrogen and oxygen atoms in total. The molecule has 2 amide bonds. The van der Waals surface area contributed by atoms with Crippen molar-refractivity contribution in [3.8, 4) is 0 Å². The molecule has 4 heteroatoms. The molecule has 0 bridgehead atoms. The quantitative estimate of drug-likeness (QED) is 0.758. The van der Waals surface area contributed by atoms with Gasteiger partial charge in [0.15, 0.2) is 0 Å². The largest absolute Gasteiger partial charge is 0.343 e. The second-order valence-electron chi connectivity index (χ2n) is 5.81. The summed E-state index contributed by atoms with van der Waals surface area (Å²) in [6, 6.07) is -0.592. The maximum Gasteiger partial charge on any atom is 0.245 e. The molecule has 20 heavy (non-hydrogen) atoms. The molecule has 1 aliphatic carbocycles. The van der Waals surface area contributed by atoms with Gasteiger partial charge >= 0.3 is 0 Å². The monoisotopic (exact) mass is 278 g/mol. The van der Waals surface area contributed by atoms with Crippen molar-refractivity contribution in [3.63, 3.8) is 0 Å². The summed E-state index contributed by atoms with van der Waals surface area (Å²) >= 11 is 0. The fourth-order valence-corrected chi connectivity index (χ4v) is 3.21. The van der Waals surface area contributed by atoms with Crippen LogP contribution in [0.3, 0.4) is 0 Å². The van der Waals surface area contributed by atoms with E-state index in [1.165, 1.54) is 18.4 Å². The van der Waals surface area contributed by atoms with E-state index in [1.54, 1.807) is 0 Å². The van der Waals surface area contributed by atoms with E-state index in [-0.39, 0.29) is 23.9 Å². The molecule has 1 saturated heterocycles. The molecule has 0 aromatic carbocycles. The highest BCUT2D eigenvalue weighted by Gasteiger charge is 2.38. The molecular weight excluding hydrogens is 252 g/mol. The number of allylic oxidation sites excluding steroid dienone is 1. The lowest BCUT2D eigenvalue weighted by Gasteiger charge is -2.38. The molecule has 2 atom stereocenters. The third kappa shape index (κ3) is 3.22. The molecule has 2 rings (SSSR count). The number of hydrogen-bond acceptors (Lipinski definition) is 2. The van der Waals surface area contributed by atoms with Gasteiger partial charge in [0, 0.05) is 6.54 Å². The highest BCUT2D eigenvalue weighted by Crippen LogP contribution is 2.23. The van der Waals surface area contributed by atoms with Crippen LogP contribution in [0.15, 0.2) is 11.6 Å². The van der Waals surface area contributed by atoms with Crippen LogP contribution in [0.25, 0.3) is 0 Å². The Hall–Kier alpha value is -1.32. The van der Waals surface area contributed by atoms with Crippen LogP contribution in [0.2, 0.25) is 0 Å². The predicted molar refractivity (Wildman–Crippen MR) is 79.2 cm³/mol. The average molecular weight is 278 g/mol. The molecule has 1 N–H and O–H groups in total. The van der Waals surface area contributed by atoms with E-state index in [4.69, 9.17) is 0 Å². The van der Waals surface area contributed by atoms with Crippen molar-refractivity contribution < 1.29 is 9.59 Å². The zero-order valence-corrected chi connectivity index (χ0v) is 12.7. The number of piperazine rings is 1. The number of carbonyl (C=O) groups excluding carboxylic acids is 2. The standard InChI is InChI=1S/C16H26N2O2/c1-3-7-13-16(20)18(14(4-2)15(19)17-13)11-10-12-8-5-6-9-12/h8,13-14H,3-7,9-11H2,1-2H3,(H,17,19). The second kappa shape index (κ2) is 6.91. The van der Waals surface area contributed by atoms with E-state index in [2.05, 4.69) is 11.4 Å². The van der Waals surface area contributed by atoms with E-state index >= 15 is 0 Å². The lowest BCUT2D eigenvalue weighted by atomic mass is 10.0. The van der Waals surface area contributed by atoms with Crippen LogP contribution in [0.4, 0.5) is 0 Å². The summed E-state index contributed by atoms with van der Waals surface area (Å²) in [5.41, 5.74) is 1.45. The number of carbonyl (C=O) groups is 2. The normalized spacial score (nSPS) is 26.7. The SMILES string of the molecule is CCCC1NC(=O)C(CC)N(CCC2=CCCC2)C1=O. The summed E-state index contributed by atoms with van der Waals surface area (Å²) in [6.07, 6.45) is 9.11. The maximum atomic E-state index is 12.5. The minimum atomic E-state index is -0.312. The third-order valence-corrected chi connectivity index (χ3v) is 4.35. The van der Waals surface area contributed by atoms with Crippen molar-refractivity contribution in [1.82, 2.24) is 10.2 Å². The molecule has 0 spiro atoms. The molecule has 0 saturated carbocycles. The van der Waals surface area contributed by atoms with Gasteiger partial charge in [0.05, 0.1) is 0 Å². The Kier molecular flexibility index (Phi) is 5.21. The highest BCUT2D eigenvalue weighted by atomic mass is 16.2. The molecule has 112 valence electrons. The first-order valence-electron chi connectivity index (χ1n) is 7.96. The van der Waals surface area contributed by atoms with Gasteiger partial charge in [0.1, 0.15) is 12.1 Å². The maximum absolute atomic E-state index is 12.5. The molecular formula is C16H26N2O2. The van der Waals surface area contributed by atoms with E-state index < -0.39 is 0 Å². The van der Waals surface area contributed by atoms with E-state index in [0.717, 1.165) is 25.7 Å². The van der Waals surface area contributed by atoms with Crippen molar-refractivity contribution in [3.05, 3.63) is 11.6 Å². The molecule has 1 heterocycles. The summed E-state index contributed by atoms with van der Waals surface area (Å²) in [5.74, 6) is 0.128. The van der Waals surface area contributed by atoms with Gasteiger partial charge in [0.25, 0.3) is 0 Å². The predicted octanol–water partition coefficient (Wildman–Crippen LogP) is 2.39. The molecule has 2 unspecified atom stereocenters. The molecule has 0 aromatic heterocycles. The lowest BCUT2D eigenvalue weighted by Crippen LogP contribution is -2.63. The summed E-state index contributed by atoms with van der Waals surface area (Å²) < 4.78 is 0. The first kappa shape index (κ1) is 15.1. The fraction of sp³-hybridized carbons (Fsp3) is 0.750. The molecule has 2 aliphatic rings. The lowest BCUT2D eigenvalue weighted by molar-refractivity contribution is -0.149. The second-order valence-corrected chi connectivity index (χ2v) is 5.81. The summed E-state index contributed by atoms with van der Waals surface area (Å²) in [4.78, 5) is 26.5. The van der Waals surface area contributed by atoms with E-state index in [0.29, 0.717) is 13.0 Å². The van der Waals surface area contributed by atoms with Crippen molar-refractivity contribution in [1.29, 1.82) is 0 Å². The van der Waals surface area contributed by atoms with Crippen LogP contribution in [0, 0.1) is 0 Å². The van der Waals surface area contributed by atoms with Gasteiger partial charge in [-0.25, -0.2) is 0 Å². The number of nitrogens with one attached hydrogen (secondary N) is 1. The first-order chi connectivity index (χ1) is 9.67. The number of amides is 2. The summed E-state index contributed by atoms with van der Waals surface area (Å²) in [6.45, 7) is 4.70. The van der Waals surface area contributed by atoms with Crippen molar-refractivity contribution in [2.75, 3.05) is 6.54 Å². The number of nitrogens with zero attached hydrogens (tertiary/aromatic N) is 1.